The predicted molar refractivity (Wildman–Crippen MR) is 61.8 cm³/mol. The highest BCUT2D eigenvalue weighted by Gasteiger charge is 2.27. The zero-order valence-corrected chi connectivity index (χ0v) is 10.5. The van der Waals surface area contributed by atoms with Crippen LogP contribution in [-0.4, -0.2) is 39.3 Å². The van der Waals surface area contributed by atoms with E-state index < -0.39 is 30.3 Å². The van der Waals surface area contributed by atoms with Gasteiger partial charge in [-0.1, -0.05) is 12.1 Å². The van der Waals surface area contributed by atoms with Crippen molar-refractivity contribution >= 4 is 17.8 Å². The average molecular weight is 270 g/mol. The van der Waals surface area contributed by atoms with E-state index in [0.717, 1.165) is 0 Å². The minimum absolute atomic E-state index is 0.152. The number of nitrogens with one attached hydrogen (secondary N) is 1. The van der Waals surface area contributed by atoms with Gasteiger partial charge in [-0.05, 0) is 13.3 Å². The lowest BCUT2D eigenvalue weighted by molar-refractivity contribution is -0.145. The van der Waals surface area contributed by atoms with Gasteiger partial charge in [0, 0.05) is 0 Å². The summed E-state index contributed by atoms with van der Waals surface area (Å²) in [5.41, 5.74) is 0.550. The van der Waals surface area contributed by atoms with Crippen LogP contribution in [0.25, 0.3) is 0 Å². The molecule has 0 aromatic carbocycles. The highest BCUT2D eigenvalue weighted by molar-refractivity contribution is 5.98. The number of carboxylic acid groups (broad SMARTS) is 2. The molecule has 3 N–H and O–H groups in total. The Morgan fingerprint density at radius 3 is 2.47 bits per heavy atom. The Kier molecular flexibility index (Phi) is 4.62. The van der Waals surface area contributed by atoms with Gasteiger partial charge in [0.1, 0.15) is 17.4 Å². The maximum atomic E-state index is 11.9. The summed E-state index contributed by atoms with van der Waals surface area (Å²) in [6, 6.07) is -1.50. The maximum absolute atomic E-state index is 11.9. The maximum Gasteiger partial charge on any atom is 0.326 e. The van der Waals surface area contributed by atoms with Crippen molar-refractivity contribution in [2.45, 2.75) is 32.7 Å². The van der Waals surface area contributed by atoms with Crippen molar-refractivity contribution in [3.05, 3.63) is 17.0 Å². The van der Waals surface area contributed by atoms with Crippen molar-refractivity contribution in [2.75, 3.05) is 0 Å². The van der Waals surface area contributed by atoms with Gasteiger partial charge in [0.25, 0.3) is 5.91 Å². The van der Waals surface area contributed by atoms with Crippen LogP contribution in [-0.2, 0) is 16.0 Å². The first kappa shape index (κ1) is 14.7. The third kappa shape index (κ3) is 3.54. The van der Waals surface area contributed by atoms with Crippen LogP contribution in [0.4, 0.5) is 0 Å². The Hall–Kier alpha value is -2.38. The van der Waals surface area contributed by atoms with Crippen LogP contribution in [0.1, 0.15) is 35.2 Å². The van der Waals surface area contributed by atoms with Crippen molar-refractivity contribution in [3.8, 4) is 0 Å². The van der Waals surface area contributed by atoms with Crippen molar-refractivity contribution in [1.29, 1.82) is 0 Å². The van der Waals surface area contributed by atoms with E-state index in [0.29, 0.717) is 12.1 Å². The van der Waals surface area contributed by atoms with E-state index in [4.69, 9.17) is 14.7 Å². The molecule has 0 saturated carbocycles. The van der Waals surface area contributed by atoms with Gasteiger partial charge < -0.3 is 20.1 Å². The van der Waals surface area contributed by atoms with Gasteiger partial charge in [-0.15, -0.1) is 0 Å². The van der Waals surface area contributed by atoms with Gasteiger partial charge in [-0.2, -0.15) is 0 Å². The number of amides is 1. The van der Waals surface area contributed by atoms with E-state index in [1.54, 1.807) is 6.92 Å². The first-order valence-corrected chi connectivity index (χ1v) is 5.57. The Labute approximate surface area is 108 Å². The third-order valence-electron chi connectivity index (χ3n) is 2.48. The number of rotatable bonds is 6. The summed E-state index contributed by atoms with van der Waals surface area (Å²) in [6.45, 7) is 3.29. The fourth-order valence-electron chi connectivity index (χ4n) is 1.56. The monoisotopic (exact) mass is 270 g/mol. The predicted octanol–water partition coefficient (Wildman–Crippen LogP) is 0.203. The lowest BCUT2D eigenvalue weighted by atomic mass is 10.1. The quantitative estimate of drug-likeness (QED) is 0.673. The summed E-state index contributed by atoms with van der Waals surface area (Å²) in [5, 5.41) is 23.2. The van der Waals surface area contributed by atoms with Crippen LogP contribution < -0.4 is 5.32 Å². The van der Waals surface area contributed by atoms with Crippen LogP contribution >= 0.6 is 0 Å². The average Bonchev–Trinajstić information content (AvgIpc) is 2.68. The zero-order valence-electron chi connectivity index (χ0n) is 10.5. The minimum Gasteiger partial charge on any atom is -0.481 e. The van der Waals surface area contributed by atoms with Crippen molar-refractivity contribution in [1.82, 2.24) is 10.5 Å². The zero-order chi connectivity index (χ0) is 14.6. The normalized spacial score (nSPS) is 11.9. The van der Waals surface area contributed by atoms with Gasteiger partial charge in [0.2, 0.25) is 0 Å². The van der Waals surface area contributed by atoms with Gasteiger partial charge in [-0.25, -0.2) is 4.79 Å². The Balaban J connectivity index is 2.90. The molecule has 8 nitrogen and oxygen atoms in total. The number of aryl methyl sites for hydroxylation is 2. The molecule has 0 spiro atoms. The molecule has 1 aromatic heterocycles. The van der Waals surface area contributed by atoms with Crippen molar-refractivity contribution in [2.24, 2.45) is 0 Å². The molecule has 8 heteroatoms. The van der Waals surface area contributed by atoms with Crippen LogP contribution in [0.15, 0.2) is 4.52 Å². The molecule has 1 rings (SSSR count). The van der Waals surface area contributed by atoms with Crippen molar-refractivity contribution in [3.63, 3.8) is 0 Å². The molecule has 1 unspecified atom stereocenters. The van der Waals surface area contributed by atoms with Gasteiger partial charge >= 0.3 is 11.9 Å². The number of hydrogen-bond donors (Lipinski definition) is 3. The standard InChI is InChI=1S/C11H14N2O6/c1-3-6-9(5(2)19-13-6)10(16)12-7(11(17)18)4-8(14)15/h7H,3-4H2,1-2H3,(H,12,16)(H,14,15)(H,17,18). The largest absolute Gasteiger partial charge is 0.481 e. The van der Waals surface area contributed by atoms with E-state index in [1.807, 2.05) is 0 Å². The third-order valence-corrected chi connectivity index (χ3v) is 2.48. The summed E-state index contributed by atoms with van der Waals surface area (Å²) in [4.78, 5) is 33.3. The Morgan fingerprint density at radius 1 is 1.37 bits per heavy atom. The molecule has 1 aromatic rings. The Bertz CT molecular complexity index is 507. The van der Waals surface area contributed by atoms with Crippen LogP contribution in [0.2, 0.25) is 0 Å². The lowest BCUT2D eigenvalue weighted by Gasteiger charge is -2.12. The molecular weight excluding hydrogens is 256 g/mol. The van der Waals surface area contributed by atoms with Crippen LogP contribution in [0, 0.1) is 6.92 Å². The molecule has 0 aliphatic rings. The second kappa shape index (κ2) is 5.98. The second-order valence-electron chi connectivity index (χ2n) is 3.88. The van der Waals surface area contributed by atoms with Crippen molar-refractivity contribution < 1.29 is 29.1 Å². The minimum atomic E-state index is -1.50. The van der Waals surface area contributed by atoms with Crippen LogP contribution in [0.3, 0.4) is 0 Å². The van der Waals surface area contributed by atoms with Gasteiger partial charge in [0.05, 0.1) is 12.1 Å². The van der Waals surface area contributed by atoms with E-state index in [2.05, 4.69) is 10.5 Å². The van der Waals surface area contributed by atoms with E-state index >= 15 is 0 Å². The van der Waals surface area contributed by atoms with E-state index in [-0.39, 0.29) is 11.3 Å². The fraction of sp³-hybridized carbons (Fsp3) is 0.455. The number of carbonyl (C=O) groups excluding carboxylic acids is 1. The molecule has 1 heterocycles. The summed E-state index contributed by atoms with van der Waals surface area (Å²) < 4.78 is 4.86. The molecule has 0 bridgehead atoms. The molecule has 0 aliphatic heterocycles. The molecule has 104 valence electrons. The number of carboxylic acids is 2. The lowest BCUT2D eigenvalue weighted by Crippen LogP contribution is -2.42. The number of nitrogens with zero attached hydrogens (tertiary/aromatic N) is 1. The summed E-state index contributed by atoms with van der Waals surface area (Å²) in [6.07, 6.45) is -0.260. The first-order valence-electron chi connectivity index (χ1n) is 5.57. The summed E-state index contributed by atoms with van der Waals surface area (Å²) >= 11 is 0. The number of hydrogen-bond acceptors (Lipinski definition) is 5. The molecule has 0 saturated heterocycles. The second-order valence-corrected chi connectivity index (χ2v) is 3.88. The Morgan fingerprint density at radius 2 is 2.00 bits per heavy atom. The van der Waals surface area contributed by atoms with E-state index in [9.17, 15) is 14.4 Å². The topological polar surface area (TPSA) is 130 Å². The molecule has 1 atom stereocenters. The molecule has 0 radical (unpaired) electrons. The van der Waals surface area contributed by atoms with Gasteiger partial charge in [-0.3, -0.25) is 9.59 Å². The number of aromatic nitrogens is 1. The number of aliphatic carboxylic acids is 2. The smallest absolute Gasteiger partial charge is 0.326 e. The van der Waals surface area contributed by atoms with E-state index in [1.165, 1.54) is 6.92 Å². The van der Waals surface area contributed by atoms with Crippen LogP contribution in [0.5, 0.6) is 0 Å². The first-order chi connectivity index (χ1) is 8.86. The fourth-order valence-corrected chi connectivity index (χ4v) is 1.56. The summed E-state index contributed by atoms with van der Waals surface area (Å²) in [7, 11) is 0. The number of carbonyl (C=O) groups is 3. The highest BCUT2D eigenvalue weighted by Crippen LogP contribution is 2.14. The molecule has 19 heavy (non-hydrogen) atoms. The summed E-state index contributed by atoms with van der Waals surface area (Å²) in [5.74, 6) is -3.17. The SMILES string of the molecule is CCc1noc(C)c1C(=O)NC(CC(=O)O)C(=O)O. The molecule has 0 fully saturated rings. The molecule has 1 amide bonds. The molecule has 0 aliphatic carbocycles. The van der Waals surface area contributed by atoms with Gasteiger partial charge in [0.15, 0.2) is 0 Å². The molecular formula is C11H14N2O6. The highest BCUT2D eigenvalue weighted by atomic mass is 16.5.